The third kappa shape index (κ3) is 6.96. The molecule has 0 unspecified atom stereocenters. The molecular weight excluding hydrogens is 366 g/mol. The van der Waals surface area contributed by atoms with Crippen molar-refractivity contribution >= 4 is 5.96 Å². The summed E-state index contributed by atoms with van der Waals surface area (Å²) < 4.78 is 7.16. The van der Waals surface area contributed by atoms with E-state index in [1.165, 1.54) is 64.6 Å². The normalized spacial score (nSPS) is 20.2. The van der Waals surface area contributed by atoms with E-state index in [9.17, 15) is 0 Å². The van der Waals surface area contributed by atoms with E-state index in [-0.39, 0.29) is 0 Å². The van der Waals surface area contributed by atoms with Crippen LogP contribution in [-0.2, 0) is 18.3 Å². The average Bonchev–Trinajstić information content (AvgIpc) is 3.06. The highest BCUT2D eigenvalue weighted by Gasteiger charge is 2.23. The molecule has 2 N–H and O–H groups in total. The number of ether oxygens (including phenoxy) is 1. The first-order valence-corrected chi connectivity index (χ1v) is 11.3. The second-order valence-corrected chi connectivity index (χ2v) is 8.53. The van der Waals surface area contributed by atoms with Crippen LogP contribution in [0.5, 0.6) is 0 Å². The molecule has 0 radical (unpaired) electrons. The van der Waals surface area contributed by atoms with Crippen molar-refractivity contribution in [1.29, 1.82) is 0 Å². The van der Waals surface area contributed by atoms with Crippen LogP contribution in [-0.4, -0.2) is 71.6 Å². The summed E-state index contributed by atoms with van der Waals surface area (Å²) in [5.41, 5.74) is 0. The molecule has 0 amide bonds. The van der Waals surface area contributed by atoms with Gasteiger partial charge in [-0.25, -0.2) is 4.99 Å². The summed E-state index contributed by atoms with van der Waals surface area (Å²) in [5.74, 6) is 3.55. The maximum Gasteiger partial charge on any atom is 0.192 e. The van der Waals surface area contributed by atoms with Crippen LogP contribution in [0.4, 0.5) is 0 Å². The van der Waals surface area contributed by atoms with Gasteiger partial charge in [0.15, 0.2) is 11.8 Å². The van der Waals surface area contributed by atoms with E-state index in [1.54, 1.807) is 7.11 Å². The standard InChI is InChI=1S/C21H39N7O/c1-17-25-26-20(27(17)2)15-23-21(22-11-14-29-3)24-19-9-12-28(13-10-19)16-18-7-5-4-6-8-18/h18-19H,4-16H2,1-3H3,(H2,22,23,24). The lowest BCUT2D eigenvalue weighted by atomic mass is 9.88. The second-order valence-electron chi connectivity index (χ2n) is 8.53. The lowest BCUT2D eigenvalue weighted by Crippen LogP contribution is -2.49. The lowest BCUT2D eigenvalue weighted by Gasteiger charge is -2.36. The van der Waals surface area contributed by atoms with Crippen LogP contribution < -0.4 is 10.6 Å². The fourth-order valence-electron chi connectivity index (χ4n) is 4.35. The molecule has 8 heteroatoms. The van der Waals surface area contributed by atoms with Crippen LogP contribution in [0.1, 0.15) is 56.6 Å². The van der Waals surface area contributed by atoms with E-state index in [2.05, 4.69) is 25.7 Å². The first kappa shape index (κ1) is 22.0. The minimum atomic E-state index is 0.465. The SMILES string of the molecule is COCCNC(=NCc1nnc(C)n1C)NC1CCN(CC2CCCCC2)CC1. The van der Waals surface area contributed by atoms with Gasteiger partial charge in [-0.15, -0.1) is 10.2 Å². The predicted octanol–water partition coefficient (Wildman–Crippen LogP) is 1.85. The third-order valence-corrected chi connectivity index (χ3v) is 6.33. The van der Waals surface area contributed by atoms with Crippen molar-refractivity contribution < 1.29 is 4.74 Å². The summed E-state index contributed by atoms with van der Waals surface area (Å²) in [6.07, 6.45) is 9.50. The minimum absolute atomic E-state index is 0.465. The van der Waals surface area contributed by atoms with Gasteiger partial charge in [0.05, 0.1) is 6.61 Å². The number of nitrogens with zero attached hydrogens (tertiary/aromatic N) is 5. The van der Waals surface area contributed by atoms with E-state index in [1.807, 2.05) is 18.5 Å². The maximum atomic E-state index is 5.18. The molecule has 0 aromatic carbocycles. The molecule has 164 valence electrons. The molecule has 0 spiro atoms. The number of piperidine rings is 1. The zero-order chi connectivity index (χ0) is 20.5. The van der Waals surface area contributed by atoms with Gasteiger partial charge in [0, 0.05) is 46.4 Å². The summed E-state index contributed by atoms with van der Waals surface area (Å²) in [7, 11) is 3.70. The van der Waals surface area contributed by atoms with Gasteiger partial charge in [0.25, 0.3) is 0 Å². The Kier molecular flexibility index (Phi) is 8.73. The summed E-state index contributed by atoms with van der Waals surface area (Å²) >= 11 is 0. The Morgan fingerprint density at radius 3 is 2.55 bits per heavy atom. The number of hydrogen-bond acceptors (Lipinski definition) is 5. The number of aromatic nitrogens is 3. The molecule has 1 saturated carbocycles. The van der Waals surface area contributed by atoms with Gasteiger partial charge in [-0.1, -0.05) is 19.3 Å². The van der Waals surface area contributed by atoms with Gasteiger partial charge >= 0.3 is 0 Å². The molecule has 2 aliphatic rings. The number of rotatable bonds is 8. The van der Waals surface area contributed by atoms with E-state index in [0.717, 1.165) is 30.1 Å². The van der Waals surface area contributed by atoms with Gasteiger partial charge in [-0.05, 0) is 38.5 Å². The number of aliphatic imine (C=N–C) groups is 1. The van der Waals surface area contributed by atoms with Gasteiger partial charge in [-0.3, -0.25) is 0 Å². The molecule has 0 bridgehead atoms. The van der Waals surface area contributed by atoms with Crippen LogP contribution in [0.2, 0.25) is 0 Å². The van der Waals surface area contributed by atoms with Crippen molar-refractivity contribution in [1.82, 2.24) is 30.3 Å². The molecule has 1 saturated heterocycles. The third-order valence-electron chi connectivity index (χ3n) is 6.33. The molecule has 3 rings (SSSR count). The molecule has 0 atom stereocenters. The second kappa shape index (κ2) is 11.5. The molecule has 8 nitrogen and oxygen atoms in total. The Morgan fingerprint density at radius 1 is 1.14 bits per heavy atom. The zero-order valence-electron chi connectivity index (χ0n) is 18.5. The van der Waals surface area contributed by atoms with Crippen LogP contribution in [0.25, 0.3) is 0 Å². The number of hydrogen-bond donors (Lipinski definition) is 2. The Labute approximate surface area is 175 Å². The molecular formula is C21H39N7O. The fourth-order valence-corrected chi connectivity index (χ4v) is 4.35. The molecule has 1 aromatic heterocycles. The number of guanidine groups is 1. The highest BCUT2D eigenvalue weighted by molar-refractivity contribution is 5.80. The summed E-state index contributed by atoms with van der Waals surface area (Å²) in [6, 6.07) is 0.465. The fraction of sp³-hybridized carbons (Fsp3) is 0.857. The lowest BCUT2D eigenvalue weighted by molar-refractivity contribution is 0.160. The van der Waals surface area contributed by atoms with Gasteiger partial charge in [-0.2, -0.15) is 0 Å². The molecule has 2 heterocycles. The first-order valence-electron chi connectivity index (χ1n) is 11.3. The highest BCUT2D eigenvalue weighted by atomic mass is 16.5. The monoisotopic (exact) mass is 405 g/mol. The van der Waals surface area contributed by atoms with Gasteiger partial charge in [0.2, 0.25) is 0 Å². The van der Waals surface area contributed by atoms with E-state index < -0.39 is 0 Å². The molecule has 1 aromatic rings. The number of likely N-dealkylation sites (tertiary alicyclic amines) is 1. The summed E-state index contributed by atoms with van der Waals surface area (Å²) in [4.78, 5) is 7.42. The average molecular weight is 406 g/mol. The van der Waals surface area contributed by atoms with Crippen LogP contribution >= 0.6 is 0 Å². The van der Waals surface area contributed by atoms with Gasteiger partial charge < -0.3 is 24.8 Å². The van der Waals surface area contributed by atoms with Crippen molar-refractivity contribution in [3.05, 3.63) is 11.6 Å². The van der Waals surface area contributed by atoms with E-state index in [0.29, 0.717) is 19.2 Å². The molecule has 1 aliphatic carbocycles. The van der Waals surface area contributed by atoms with Crippen molar-refractivity contribution in [3.63, 3.8) is 0 Å². The van der Waals surface area contributed by atoms with Crippen LogP contribution in [0, 0.1) is 12.8 Å². The Balaban J connectivity index is 1.48. The summed E-state index contributed by atoms with van der Waals surface area (Å²) in [5, 5.41) is 15.4. The number of methoxy groups -OCH3 is 1. The summed E-state index contributed by atoms with van der Waals surface area (Å²) in [6.45, 7) is 7.52. The highest BCUT2D eigenvalue weighted by Crippen LogP contribution is 2.25. The minimum Gasteiger partial charge on any atom is -0.383 e. The molecule has 2 fully saturated rings. The largest absolute Gasteiger partial charge is 0.383 e. The van der Waals surface area contributed by atoms with Crippen LogP contribution in [0.15, 0.2) is 4.99 Å². The number of nitrogens with one attached hydrogen (secondary N) is 2. The predicted molar refractivity (Wildman–Crippen MR) is 116 cm³/mol. The molecule has 29 heavy (non-hydrogen) atoms. The zero-order valence-corrected chi connectivity index (χ0v) is 18.5. The Hall–Kier alpha value is -1.67. The number of aryl methyl sites for hydroxylation is 1. The smallest absolute Gasteiger partial charge is 0.192 e. The van der Waals surface area contributed by atoms with Crippen molar-refractivity contribution in [2.45, 2.75) is 64.5 Å². The topological polar surface area (TPSA) is 79.6 Å². The molecule has 1 aliphatic heterocycles. The van der Waals surface area contributed by atoms with Crippen LogP contribution in [0.3, 0.4) is 0 Å². The van der Waals surface area contributed by atoms with Crippen molar-refractivity contribution in [2.75, 3.05) is 39.9 Å². The Bertz CT molecular complexity index is 631. The van der Waals surface area contributed by atoms with Crippen molar-refractivity contribution in [2.24, 2.45) is 18.0 Å². The van der Waals surface area contributed by atoms with E-state index in [4.69, 9.17) is 9.73 Å². The first-order chi connectivity index (χ1) is 14.2. The quantitative estimate of drug-likeness (QED) is 0.390. The maximum absolute atomic E-state index is 5.18. The van der Waals surface area contributed by atoms with E-state index >= 15 is 0 Å². The van der Waals surface area contributed by atoms with Crippen molar-refractivity contribution in [3.8, 4) is 0 Å². The van der Waals surface area contributed by atoms with Gasteiger partial charge in [0.1, 0.15) is 12.4 Å². The Morgan fingerprint density at radius 2 is 1.90 bits per heavy atom.